The summed E-state index contributed by atoms with van der Waals surface area (Å²) in [6, 6.07) is 5.72. The molecule has 0 fully saturated rings. The Hall–Kier alpha value is -2.61. The van der Waals surface area contributed by atoms with E-state index in [-0.39, 0.29) is 12.2 Å². The van der Waals surface area contributed by atoms with E-state index in [4.69, 9.17) is 6.42 Å². The van der Waals surface area contributed by atoms with Gasteiger partial charge in [-0.1, -0.05) is 18.1 Å². The molecular weight excluding hydrogens is 235 g/mol. The number of terminal acetylenes is 1. The van der Waals surface area contributed by atoms with Crippen molar-refractivity contribution in [3.05, 3.63) is 63.2 Å². The standard InChI is InChI=1S/C13H9FN2O2/c1-2-7-15-8-9-16(13(18)12(15)17)11-6-4-3-5-10(11)14/h1,3-6,8-9H,7H2. The Kier molecular flexibility index (Phi) is 3.11. The highest BCUT2D eigenvalue weighted by atomic mass is 19.1. The van der Waals surface area contributed by atoms with E-state index in [0.29, 0.717) is 0 Å². The summed E-state index contributed by atoms with van der Waals surface area (Å²) in [6.07, 6.45) is 7.75. The molecule has 0 radical (unpaired) electrons. The van der Waals surface area contributed by atoms with Gasteiger partial charge in [0.15, 0.2) is 0 Å². The summed E-state index contributed by atoms with van der Waals surface area (Å²) in [5.41, 5.74) is -1.58. The molecule has 0 atom stereocenters. The Morgan fingerprint density at radius 1 is 1.17 bits per heavy atom. The monoisotopic (exact) mass is 244 g/mol. The van der Waals surface area contributed by atoms with Gasteiger partial charge >= 0.3 is 11.1 Å². The second kappa shape index (κ2) is 4.72. The summed E-state index contributed by atoms with van der Waals surface area (Å²) in [4.78, 5) is 23.5. The molecule has 1 heterocycles. The molecule has 0 aliphatic heterocycles. The van der Waals surface area contributed by atoms with Crippen molar-refractivity contribution in [1.82, 2.24) is 9.13 Å². The summed E-state index contributed by atoms with van der Waals surface area (Å²) >= 11 is 0. The van der Waals surface area contributed by atoms with Gasteiger partial charge in [-0.3, -0.25) is 18.7 Å². The van der Waals surface area contributed by atoms with Crippen molar-refractivity contribution in [2.24, 2.45) is 0 Å². The number of para-hydroxylation sites is 1. The van der Waals surface area contributed by atoms with Gasteiger partial charge in [0.25, 0.3) is 0 Å². The van der Waals surface area contributed by atoms with Crippen LogP contribution in [0.3, 0.4) is 0 Å². The van der Waals surface area contributed by atoms with E-state index in [0.717, 1.165) is 9.13 Å². The second-order valence-electron chi connectivity index (χ2n) is 3.56. The smallest absolute Gasteiger partial charge is 0.298 e. The number of hydrogen-bond acceptors (Lipinski definition) is 2. The van der Waals surface area contributed by atoms with Gasteiger partial charge in [0.2, 0.25) is 0 Å². The lowest BCUT2D eigenvalue weighted by atomic mass is 10.3. The number of aromatic nitrogens is 2. The van der Waals surface area contributed by atoms with Crippen LogP contribution < -0.4 is 11.1 Å². The zero-order chi connectivity index (χ0) is 13.1. The largest absolute Gasteiger partial charge is 0.321 e. The molecule has 0 saturated carbocycles. The van der Waals surface area contributed by atoms with Crippen LogP contribution in [-0.2, 0) is 6.54 Å². The molecule has 0 unspecified atom stereocenters. The first kappa shape index (κ1) is 11.9. The lowest BCUT2D eigenvalue weighted by Crippen LogP contribution is -2.40. The Morgan fingerprint density at radius 2 is 1.89 bits per heavy atom. The van der Waals surface area contributed by atoms with E-state index in [2.05, 4.69) is 5.92 Å². The van der Waals surface area contributed by atoms with Gasteiger partial charge in [0, 0.05) is 12.4 Å². The molecule has 0 saturated heterocycles. The van der Waals surface area contributed by atoms with E-state index in [9.17, 15) is 14.0 Å². The number of nitrogens with zero attached hydrogens (tertiary/aromatic N) is 2. The molecule has 0 N–H and O–H groups in total. The maximum absolute atomic E-state index is 13.5. The molecule has 2 aromatic rings. The van der Waals surface area contributed by atoms with Crippen LogP contribution in [0.4, 0.5) is 4.39 Å². The van der Waals surface area contributed by atoms with E-state index >= 15 is 0 Å². The van der Waals surface area contributed by atoms with Gasteiger partial charge in [-0.25, -0.2) is 4.39 Å². The zero-order valence-electron chi connectivity index (χ0n) is 9.34. The van der Waals surface area contributed by atoms with E-state index in [1.165, 1.54) is 30.6 Å². The second-order valence-corrected chi connectivity index (χ2v) is 3.56. The Bertz CT molecular complexity index is 738. The minimum atomic E-state index is -0.835. The van der Waals surface area contributed by atoms with Crippen LogP contribution in [0.15, 0.2) is 46.2 Å². The molecule has 18 heavy (non-hydrogen) atoms. The van der Waals surface area contributed by atoms with Crippen LogP contribution in [0, 0.1) is 18.2 Å². The molecule has 1 aromatic carbocycles. The lowest BCUT2D eigenvalue weighted by molar-refractivity contribution is 0.612. The maximum atomic E-state index is 13.5. The number of rotatable bonds is 2. The van der Waals surface area contributed by atoms with E-state index in [1.807, 2.05) is 0 Å². The molecule has 0 spiro atoms. The normalized spacial score (nSPS) is 10.0. The Labute approximate surface area is 102 Å². The van der Waals surface area contributed by atoms with Crippen LogP contribution in [0.2, 0.25) is 0 Å². The third-order valence-corrected chi connectivity index (χ3v) is 2.43. The molecule has 2 rings (SSSR count). The summed E-state index contributed by atoms with van der Waals surface area (Å²) in [5, 5.41) is 0. The molecule has 4 nitrogen and oxygen atoms in total. The average Bonchev–Trinajstić information content (AvgIpc) is 2.37. The van der Waals surface area contributed by atoms with Crippen LogP contribution >= 0.6 is 0 Å². The maximum Gasteiger partial charge on any atom is 0.321 e. The summed E-state index contributed by atoms with van der Waals surface area (Å²) in [6.45, 7) is 0.00614. The third-order valence-electron chi connectivity index (χ3n) is 2.43. The lowest BCUT2D eigenvalue weighted by Gasteiger charge is -2.07. The minimum Gasteiger partial charge on any atom is -0.298 e. The van der Waals surface area contributed by atoms with Crippen molar-refractivity contribution >= 4 is 0 Å². The third kappa shape index (κ3) is 1.96. The topological polar surface area (TPSA) is 44.0 Å². The fraction of sp³-hybridized carbons (Fsp3) is 0.0769. The molecule has 90 valence electrons. The fourth-order valence-corrected chi connectivity index (χ4v) is 1.57. The van der Waals surface area contributed by atoms with Gasteiger partial charge in [0.05, 0.1) is 12.2 Å². The number of halogens is 1. The summed E-state index contributed by atoms with van der Waals surface area (Å²) in [7, 11) is 0. The molecule has 0 bridgehead atoms. The van der Waals surface area contributed by atoms with Gasteiger partial charge in [-0.15, -0.1) is 6.42 Å². The Morgan fingerprint density at radius 3 is 2.56 bits per heavy atom. The predicted molar refractivity (Wildman–Crippen MR) is 65.1 cm³/mol. The van der Waals surface area contributed by atoms with Crippen LogP contribution in [0.5, 0.6) is 0 Å². The molecule has 1 aromatic heterocycles. The first-order chi connectivity index (χ1) is 8.65. The number of hydrogen-bond donors (Lipinski definition) is 0. The van der Waals surface area contributed by atoms with Gasteiger partial charge in [0.1, 0.15) is 5.82 Å². The van der Waals surface area contributed by atoms with Crippen molar-refractivity contribution < 1.29 is 4.39 Å². The van der Waals surface area contributed by atoms with Crippen LogP contribution in [0.25, 0.3) is 5.69 Å². The first-order valence-corrected chi connectivity index (χ1v) is 5.15. The van der Waals surface area contributed by atoms with Crippen molar-refractivity contribution in [3.8, 4) is 18.0 Å². The quantitative estimate of drug-likeness (QED) is 0.578. The Balaban J connectivity index is 2.67. The highest BCUT2D eigenvalue weighted by molar-refractivity contribution is 5.33. The highest BCUT2D eigenvalue weighted by Crippen LogP contribution is 2.09. The molecule has 0 aliphatic rings. The molecule has 0 amide bonds. The van der Waals surface area contributed by atoms with Crippen LogP contribution in [0.1, 0.15) is 0 Å². The van der Waals surface area contributed by atoms with Crippen molar-refractivity contribution in [1.29, 1.82) is 0 Å². The molecular formula is C13H9FN2O2. The van der Waals surface area contributed by atoms with Crippen molar-refractivity contribution in [2.45, 2.75) is 6.54 Å². The minimum absolute atomic E-state index is 0.00614. The predicted octanol–water partition coefficient (Wildman–Crippen LogP) is 0.771. The van der Waals surface area contributed by atoms with Gasteiger partial charge in [-0.05, 0) is 12.1 Å². The fourth-order valence-electron chi connectivity index (χ4n) is 1.57. The summed E-state index contributed by atoms with van der Waals surface area (Å²) in [5.74, 6) is 1.69. The summed E-state index contributed by atoms with van der Waals surface area (Å²) < 4.78 is 15.6. The number of benzene rings is 1. The van der Waals surface area contributed by atoms with E-state index < -0.39 is 16.9 Å². The SMILES string of the molecule is C#CCn1ccn(-c2ccccc2F)c(=O)c1=O. The van der Waals surface area contributed by atoms with Gasteiger partial charge < -0.3 is 0 Å². The van der Waals surface area contributed by atoms with Crippen molar-refractivity contribution in [2.75, 3.05) is 0 Å². The molecule has 5 heteroatoms. The molecule has 0 aliphatic carbocycles. The van der Waals surface area contributed by atoms with Crippen LogP contribution in [-0.4, -0.2) is 9.13 Å². The average molecular weight is 244 g/mol. The van der Waals surface area contributed by atoms with E-state index in [1.54, 1.807) is 6.07 Å². The first-order valence-electron chi connectivity index (χ1n) is 5.15. The van der Waals surface area contributed by atoms with Gasteiger partial charge in [-0.2, -0.15) is 0 Å². The highest BCUT2D eigenvalue weighted by Gasteiger charge is 2.09. The zero-order valence-corrected chi connectivity index (χ0v) is 9.34. The van der Waals surface area contributed by atoms with Crippen molar-refractivity contribution in [3.63, 3.8) is 0 Å².